The molecule has 0 spiro atoms. The molecule has 0 aliphatic rings. The van der Waals surface area contributed by atoms with Gasteiger partial charge in [0.2, 0.25) is 5.76 Å². The first-order valence-corrected chi connectivity index (χ1v) is 6.69. The van der Waals surface area contributed by atoms with Crippen molar-refractivity contribution in [2.45, 2.75) is 46.3 Å². The minimum atomic E-state index is -1.02. The highest BCUT2D eigenvalue weighted by Gasteiger charge is 2.33. The molecule has 1 amide bonds. The molecule has 1 N–H and O–H groups in total. The minimum Gasteiger partial charge on any atom is -0.457 e. The highest BCUT2D eigenvalue weighted by molar-refractivity contribution is 5.91. The zero-order valence-corrected chi connectivity index (χ0v) is 12.9. The lowest BCUT2D eigenvalue weighted by Crippen LogP contribution is -2.52. The molecule has 0 bridgehead atoms. The van der Waals surface area contributed by atoms with E-state index in [1.165, 1.54) is 13.2 Å². The smallest absolute Gasteiger partial charge is 0.375 e. The number of hydrogen-bond donors (Lipinski definition) is 1. The standard InChI is InChI=1S/C15H20N2O4/c1-9(2)15(5,8-16)17-13(18)11(4)21-14(19)12-10(3)6-7-20-12/h6-7,9,11H,1-5H3,(H,17,18). The first-order valence-electron chi connectivity index (χ1n) is 6.69. The molecule has 0 radical (unpaired) electrons. The number of aryl methyl sites for hydroxylation is 1. The second-order valence-corrected chi connectivity index (χ2v) is 5.44. The van der Waals surface area contributed by atoms with Crippen LogP contribution in [0.5, 0.6) is 0 Å². The van der Waals surface area contributed by atoms with Crippen LogP contribution in [0.25, 0.3) is 0 Å². The first-order chi connectivity index (χ1) is 9.71. The van der Waals surface area contributed by atoms with E-state index in [1.54, 1.807) is 19.9 Å². The molecule has 0 saturated heterocycles. The van der Waals surface area contributed by atoms with E-state index in [2.05, 4.69) is 11.4 Å². The highest BCUT2D eigenvalue weighted by Crippen LogP contribution is 2.16. The molecule has 0 aromatic carbocycles. The maximum absolute atomic E-state index is 12.0. The number of nitrogens with one attached hydrogen (secondary N) is 1. The Morgan fingerprint density at radius 1 is 1.43 bits per heavy atom. The third kappa shape index (κ3) is 3.85. The molecule has 0 fully saturated rings. The lowest BCUT2D eigenvalue weighted by atomic mass is 9.90. The van der Waals surface area contributed by atoms with E-state index >= 15 is 0 Å². The van der Waals surface area contributed by atoms with Crippen LogP contribution in [-0.4, -0.2) is 23.5 Å². The molecule has 0 aliphatic carbocycles. The van der Waals surface area contributed by atoms with Crippen LogP contribution in [0.3, 0.4) is 0 Å². The van der Waals surface area contributed by atoms with Crippen LogP contribution in [0.2, 0.25) is 0 Å². The number of carbonyl (C=O) groups excluding carboxylic acids is 2. The molecule has 2 unspecified atom stereocenters. The Hall–Kier alpha value is -2.29. The number of ether oxygens (including phenoxy) is 1. The van der Waals surface area contributed by atoms with Gasteiger partial charge < -0.3 is 14.5 Å². The molecule has 1 rings (SSSR count). The van der Waals surface area contributed by atoms with Crippen LogP contribution in [0.4, 0.5) is 0 Å². The van der Waals surface area contributed by atoms with Crippen molar-refractivity contribution in [3.8, 4) is 6.07 Å². The van der Waals surface area contributed by atoms with Gasteiger partial charge in [-0.05, 0) is 32.8 Å². The molecule has 0 aliphatic heterocycles. The molecule has 1 aromatic heterocycles. The van der Waals surface area contributed by atoms with Gasteiger partial charge in [0.05, 0.1) is 12.3 Å². The number of nitriles is 1. The van der Waals surface area contributed by atoms with Gasteiger partial charge in [-0.3, -0.25) is 4.79 Å². The van der Waals surface area contributed by atoms with E-state index in [1.807, 2.05) is 13.8 Å². The Morgan fingerprint density at radius 2 is 2.05 bits per heavy atom. The maximum Gasteiger partial charge on any atom is 0.375 e. The molecule has 1 heterocycles. The summed E-state index contributed by atoms with van der Waals surface area (Å²) in [5.41, 5.74) is -0.380. The first kappa shape index (κ1) is 16.8. The number of nitrogens with zero attached hydrogens (tertiary/aromatic N) is 1. The van der Waals surface area contributed by atoms with E-state index < -0.39 is 23.5 Å². The molecule has 6 heteroatoms. The van der Waals surface area contributed by atoms with Gasteiger partial charge in [-0.15, -0.1) is 0 Å². The van der Waals surface area contributed by atoms with Gasteiger partial charge in [-0.1, -0.05) is 13.8 Å². The second-order valence-electron chi connectivity index (χ2n) is 5.44. The van der Waals surface area contributed by atoms with Crippen molar-refractivity contribution in [2.75, 3.05) is 0 Å². The van der Waals surface area contributed by atoms with E-state index in [0.717, 1.165) is 0 Å². The van der Waals surface area contributed by atoms with Crippen molar-refractivity contribution >= 4 is 11.9 Å². The second kappa shape index (κ2) is 6.44. The van der Waals surface area contributed by atoms with Crippen molar-refractivity contribution in [3.63, 3.8) is 0 Å². The summed E-state index contributed by atoms with van der Waals surface area (Å²) < 4.78 is 10.1. The van der Waals surface area contributed by atoms with Gasteiger partial charge >= 0.3 is 5.97 Å². The minimum absolute atomic E-state index is 0.0709. The van der Waals surface area contributed by atoms with Crippen LogP contribution < -0.4 is 5.32 Å². The fourth-order valence-electron chi connectivity index (χ4n) is 1.51. The predicted octanol–water partition coefficient (Wildman–Crippen LogP) is 2.19. The third-order valence-electron chi connectivity index (χ3n) is 3.47. The summed E-state index contributed by atoms with van der Waals surface area (Å²) >= 11 is 0. The summed E-state index contributed by atoms with van der Waals surface area (Å²) in [5.74, 6) is -1.24. The Labute approximate surface area is 124 Å². The topological polar surface area (TPSA) is 92.3 Å². The van der Waals surface area contributed by atoms with E-state index in [9.17, 15) is 9.59 Å². The lowest BCUT2D eigenvalue weighted by molar-refractivity contribution is -0.130. The average molecular weight is 292 g/mol. The van der Waals surface area contributed by atoms with Crippen LogP contribution in [0.15, 0.2) is 16.7 Å². The summed E-state index contributed by atoms with van der Waals surface area (Å²) in [6, 6.07) is 3.69. The quantitative estimate of drug-likeness (QED) is 0.840. The molecular formula is C15H20N2O4. The Balaban J connectivity index is 2.70. The van der Waals surface area contributed by atoms with Gasteiger partial charge in [-0.2, -0.15) is 5.26 Å². The van der Waals surface area contributed by atoms with Gasteiger partial charge in [-0.25, -0.2) is 4.79 Å². The molecule has 1 aromatic rings. The molecule has 114 valence electrons. The van der Waals surface area contributed by atoms with Crippen molar-refractivity contribution in [1.82, 2.24) is 5.32 Å². The number of hydrogen-bond acceptors (Lipinski definition) is 5. The summed E-state index contributed by atoms with van der Waals surface area (Å²) in [7, 11) is 0. The average Bonchev–Trinajstić information content (AvgIpc) is 2.84. The third-order valence-corrected chi connectivity index (χ3v) is 3.47. The van der Waals surface area contributed by atoms with E-state index in [-0.39, 0.29) is 11.7 Å². The van der Waals surface area contributed by atoms with Crippen molar-refractivity contribution in [1.29, 1.82) is 5.26 Å². The fraction of sp³-hybridized carbons (Fsp3) is 0.533. The molecule has 2 atom stereocenters. The van der Waals surface area contributed by atoms with Crippen LogP contribution >= 0.6 is 0 Å². The number of carbonyl (C=O) groups is 2. The Bertz CT molecular complexity index is 570. The SMILES string of the molecule is Cc1ccoc1C(=O)OC(C)C(=O)NC(C)(C#N)C(C)C. The summed E-state index contributed by atoms with van der Waals surface area (Å²) in [5, 5.41) is 11.8. The molecule has 21 heavy (non-hydrogen) atoms. The van der Waals surface area contributed by atoms with E-state index in [0.29, 0.717) is 5.56 Å². The highest BCUT2D eigenvalue weighted by atomic mass is 16.6. The number of furan rings is 1. The number of amides is 1. The zero-order chi connectivity index (χ0) is 16.2. The van der Waals surface area contributed by atoms with Crippen LogP contribution in [-0.2, 0) is 9.53 Å². The molecular weight excluding hydrogens is 272 g/mol. The lowest BCUT2D eigenvalue weighted by Gasteiger charge is -2.28. The summed E-state index contributed by atoms with van der Waals surface area (Å²) in [6.45, 7) is 8.43. The Kier molecular flexibility index (Phi) is 5.14. The fourth-order valence-corrected chi connectivity index (χ4v) is 1.51. The summed E-state index contributed by atoms with van der Waals surface area (Å²) in [4.78, 5) is 23.9. The van der Waals surface area contributed by atoms with Gasteiger partial charge in [0, 0.05) is 5.56 Å². The zero-order valence-electron chi connectivity index (χ0n) is 12.9. The predicted molar refractivity (Wildman–Crippen MR) is 75.3 cm³/mol. The maximum atomic E-state index is 12.0. The van der Waals surface area contributed by atoms with Gasteiger partial charge in [0.1, 0.15) is 5.54 Å². The molecule has 6 nitrogen and oxygen atoms in total. The normalized spacial score (nSPS) is 14.9. The van der Waals surface area contributed by atoms with Crippen LogP contribution in [0, 0.1) is 24.2 Å². The van der Waals surface area contributed by atoms with Gasteiger partial charge in [0.25, 0.3) is 5.91 Å². The molecule has 0 saturated carbocycles. The number of esters is 1. The summed E-state index contributed by atoms with van der Waals surface area (Å²) in [6.07, 6.45) is 0.357. The van der Waals surface area contributed by atoms with Gasteiger partial charge in [0.15, 0.2) is 6.10 Å². The number of rotatable bonds is 5. The van der Waals surface area contributed by atoms with Crippen molar-refractivity contribution in [3.05, 3.63) is 23.7 Å². The van der Waals surface area contributed by atoms with Crippen molar-refractivity contribution < 1.29 is 18.7 Å². The van der Waals surface area contributed by atoms with E-state index in [4.69, 9.17) is 14.4 Å². The van der Waals surface area contributed by atoms with Crippen molar-refractivity contribution in [2.24, 2.45) is 5.92 Å². The van der Waals surface area contributed by atoms with Crippen LogP contribution in [0.1, 0.15) is 43.8 Å². The largest absolute Gasteiger partial charge is 0.457 e. The monoisotopic (exact) mass is 292 g/mol. The Morgan fingerprint density at radius 3 is 2.48 bits per heavy atom.